The van der Waals surface area contributed by atoms with Gasteiger partial charge < -0.3 is 25.0 Å². The van der Waals surface area contributed by atoms with Gasteiger partial charge in [-0.05, 0) is 55.7 Å². The standard InChI is InChI=1S/C25H30ClN3O5S/c1-16-11-17(26)3-6-24(16)34-19-7-9-29(10-8-19)15-18(30)13-28-25(31)22-14-27-23-12-20(35(2,32)33)4-5-21(22)23/h3-6,11-12,14,18-19,27,30H,7-10,13,15H2,1-2H3,(H,28,31)/t18-/m1/s1. The Morgan fingerprint density at radius 3 is 2.69 bits per heavy atom. The van der Waals surface area contributed by atoms with Crippen LogP contribution < -0.4 is 10.1 Å². The number of H-pyrrole nitrogens is 1. The highest BCUT2D eigenvalue weighted by molar-refractivity contribution is 7.90. The quantitative estimate of drug-likeness (QED) is 0.421. The van der Waals surface area contributed by atoms with E-state index in [1.165, 1.54) is 12.1 Å². The molecule has 2 aromatic carbocycles. The molecule has 0 bridgehead atoms. The Morgan fingerprint density at radius 1 is 1.26 bits per heavy atom. The maximum atomic E-state index is 12.7. The first kappa shape index (κ1) is 25.5. The zero-order valence-corrected chi connectivity index (χ0v) is 21.3. The number of fused-ring (bicyclic) bond motifs is 1. The molecule has 0 unspecified atom stereocenters. The first-order chi connectivity index (χ1) is 16.6. The molecule has 188 valence electrons. The van der Waals surface area contributed by atoms with Crippen molar-refractivity contribution in [1.29, 1.82) is 0 Å². The van der Waals surface area contributed by atoms with E-state index in [9.17, 15) is 18.3 Å². The Hall–Kier alpha value is -2.59. The molecule has 0 radical (unpaired) electrons. The number of rotatable bonds is 8. The molecule has 3 N–H and O–H groups in total. The summed E-state index contributed by atoms with van der Waals surface area (Å²) in [7, 11) is -3.33. The Morgan fingerprint density at radius 2 is 2.00 bits per heavy atom. The minimum Gasteiger partial charge on any atom is -0.490 e. The minimum atomic E-state index is -3.33. The van der Waals surface area contributed by atoms with Gasteiger partial charge in [0, 0.05) is 54.6 Å². The summed E-state index contributed by atoms with van der Waals surface area (Å²) >= 11 is 6.01. The van der Waals surface area contributed by atoms with Crippen molar-refractivity contribution < 1.29 is 23.1 Å². The van der Waals surface area contributed by atoms with Crippen molar-refractivity contribution in [2.75, 3.05) is 32.4 Å². The maximum absolute atomic E-state index is 12.7. The van der Waals surface area contributed by atoms with E-state index in [-0.39, 0.29) is 23.5 Å². The number of piperidine rings is 1. The van der Waals surface area contributed by atoms with Crippen molar-refractivity contribution >= 4 is 38.2 Å². The predicted molar refractivity (Wildman–Crippen MR) is 136 cm³/mol. The van der Waals surface area contributed by atoms with Crippen LogP contribution in [0.25, 0.3) is 10.9 Å². The molecule has 0 saturated carbocycles. The second-order valence-electron chi connectivity index (χ2n) is 9.07. The SMILES string of the molecule is Cc1cc(Cl)ccc1OC1CCN(C[C@H](O)CNC(=O)c2c[nH]c3cc(S(C)(=O)=O)ccc23)CC1. The van der Waals surface area contributed by atoms with Gasteiger partial charge in [0.1, 0.15) is 11.9 Å². The minimum absolute atomic E-state index is 0.118. The Bertz CT molecular complexity index is 1320. The molecule has 10 heteroatoms. The number of aromatic amines is 1. The highest BCUT2D eigenvalue weighted by Crippen LogP contribution is 2.26. The molecule has 1 aliphatic rings. The van der Waals surface area contributed by atoms with Crippen molar-refractivity contribution in [3.8, 4) is 5.75 Å². The van der Waals surface area contributed by atoms with Crippen LogP contribution in [-0.4, -0.2) is 74.0 Å². The van der Waals surface area contributed by atoms with Crippen LogP contribution in [0.5, 0.6) is 5.75 Å². The number of aliphatic hydroxyl groups excluding tert-OH is 1. The monoisotopic (exact) mass is 519 g/mol. The first-order valence-corrected chi connectivity index (χ1v) is 13.8. The number of amides is 1. The van der Waals surface area contributed by atoms with E-state index in [0.29, 0.717) is 28.0 Å². The molecule has 1 fully saturated rings. The number of nitrogens with one attached hydrogen (secondary N) is 2. The zero-order valence-electron chi connectivity index (χ0n) is 19.8. The van der Waals surface area contributed by atoms with Crippen LogP contribution in [-0.2, 0) is 9.84 Å². The molecular weight excluding hydrogens is 490 g/mol. The first-order valence-electron chi connectivity index (χ1n) is 11.5. The summed E-state index contributed by atoms with van der Waals surface area (Å²) < 4.78 is 29.6. The van der Waals surface area contributed by atoms with Crippen LogP contribution in [0.15, 0.2) is 47.5 Å². The van der Waals surface area contributed by atoms with Gasteiger partial charge in [0.05, 0.1) is 16.6 Å². The summed E-state index contributed by atoms with van der Waals surface area (Å²) in [5.41, 5.74) is 1.98. The third-order valence-corrected chi connectivity index (χ3v) is 7.60. The van der Waals surface area contributed by atoms with E-state index in [2.05, 4.69) is 15.2 Å². The zero-order chi connectivity index (χ0) is 25.2. The van der Waals surface area contributed by atoms with E-state index in [4.69, 9.17) is 16.3 Å². The lowest BCUT2D eigenvalue weighted by Gasteiger charge is -2.33. The van der Waals surface area contributed by atoms with Gasteiger partial charge in [-0.1, -0.05) is 17.7 Å². The van der Waals surface area contributed by atoms with Crippen LogP contribution in [0.4, 0.5) is 0 Å². The molecule has 0 spiro atoms. The van der Waals surface area contributed by atoms with Gasteiger partial charge in [-0.15, -0.1) is 0 Å². The van der Waals surface area contributed by atoms with Crippen molar-refractivity contribution in [3.63, 3.8) is 0 Å². The van der Waals surface area contributed by atoms with Crippen molar-refractivity contribution in [3.05, 3.63) is 58.7 Å². The Labute approximate surface area is 210 Å². The van der Waals surface area contributed by atoms with Gasteiger partial charge in [0.2, 0.25) is 0 Å². The van der Waals surface area contributed by atoms with Crippen molar-refractivity contribution in [2.24, 2.45) is 0 Å². The number of β-amino-alcohol motifs (C(OH)–C–C–N with tert-alkyl or cyclic N) is 1. The summed E-state index contributed by atoms with van der Waals surface area (Å²) in [5.74, 6) is 0.522. The van der Waals surface area contributed by atoms with Crippen LogP contribution in [0.2, 0.25) is 5.02 Å². The molecule has 1 saturated heterocycles. The fourth-order valence-electron chi connectivity index (χ4n) is 4.33. The normalized spacial score (nSPS) is 16.3. The van der Waals surface area contributed by atoms with E-state index in [1.807, 2.05) is 25.1 Å². The second kappa shape index (κ2) is 10.6. The number of halogens is 1. The van der Waals surface area contributed by atoms with Crippen LogP contribution in [0.1, 0.15) is 28.8 Å². The number of likely N-dealkylation sites (tertiary alicyclic amines) is 1. The smallest absolute Gasteiger partial charge is 0.253 e. The molecular formula is C25H30ClN3O5S. The third kappa shape index (κ3) is 6.35. The van der Waals surface area contributed by atoms with Gasteiger partial charge in [-0.25, -0.2) is 8.42 Å². The number of hydrogen-bond acceptors (Lipinski definition) is 6. The van der Waals surface area contributed by atoms with Gasteiger partial charge in [-0.2, -0.15) is 0 Å². The van der Waals surface area contributed by atoms with Crippen molar-refractivity contribution in [1.82, 2.24) is 15.2 Å². The van der Waals surface area contributed by atoms with Gasteiger partial charge in [0.15, 0.2) is 9.84 Å². The molecule has 1 aliphatic heterocycles. The number of hydrogen-bond donors (Lipinski definition) is 3. The number of benzene rings is 2. The number of sulfone groups is 1. The van der Waals surface area contributed by atoms with Crippen LogP contribution in [0.3, 0.4) is 0 Å². The number of carbonyl (C=O) groups excluding carboxylic acids is 1. The van der Waals surface area contributed by atoms with E-state index in [0.717, 1.165) is 43.5 Å². The number of ether oxygens (including phenoxy) is 1. The Kier molecular flexibility index (Phi) is 7.70. The highest BCUT2D eigenvalue weighted by Gasteiger charge is 2.23. The lowest BCUT2D eigenvalue weighted by molar-refractivity contribution is 0.0592. The number of aryl methyl sites for hydroxylation is 1. The lowest BCUT2D eigenvalue weighted by atomic mass is 10.1. The molecule has 1 amide bonds. The molecule has 0 aliphatic carbocycles. The van der Waals surface area contributed by atoms with Gasteiger partial charge in [0.25, 0.3) is 5.91 Å². The molecule has 1 aromatic heterocycles. The summed E-state index contributed by atoms with van der Waals surface area (Å²) in [6.45, 7) is 4.15. The number of aliphatic hydroxyl groups is 1. The van der Waals surface area contributed by atoms with E-state index >= 15 is 0 Å². The average molecular weight is 520 g/mol. The molecule has 1 atom stereocenters. The average Bonchev–Trinajstić information content (AvgIpc) is 3.23. The lowest BCUT2D eigenvalue weighted by Crippen LogP contribution is -2.45. The Balaban J connectivity index is 1.24. The molecule has 8 nitrogen and oxygen atoms in total. The topological polar surface area (TPSA) is 112 Å². The number of aromatic nitrogens is 1. The van der Waals surface area contributed by atoms with Crippen molar-refractivity contribution in [2.45, 2.75) is 36.9 Å². The summed E-state index contributed by atoms with van der Waals surface area (Å²) in [5, 5.41) is 14.6. The molecule has 3 aromatic rings. The third-order valence-electron chi connectivity index (χ3n) is 6.26. The fraction of sp³-hybridized carbons (Fsp3) is 0.400. The summed E-state index contributed by atoms with van der Waals surface area (Å²) in [4.78, 5) is 18.0. The number of nitrogens with zero attached hydrogens (tertiary/aromatic N) is 1. The fourth-order valence-corrected chi connectivity index (χ4v) is 5.20. The van der Waals surface area contributed by atoms with Gasteiger partial charge in [-0.3, -0.25) is 4.79 Å². The maximum Gasteiger partial charge on any atom is 0.253 e. The molecule has 35 heavy (non-hydrogen) atoms. The highest BCUT2D eigenvalue weighted by atomic mass is 35.5. The van der Waals surface area contributed by atoms with Gasteiger partial charge >= 0.3 is 0 Å². The summed E-state index contributed by atoms with van der Waals surface area (Å²) in [6, 6.07) is 10.2. The summed E-state index contributed by atoms with van der Waals surface area (Å²) in [6.07, 6.45) is 3.80. The van der Waals surface area contributed by atoms with Crippen LogP contribution in [0, 0.1) is 6.92 Å². The molecule has 2 heterocycles. The second-order valence-corrected chi connectivity index (χ2v) is 11.5. The largest absolute Gasteiger partial charge is 0.490 e. The number of carbonyl (C=O) groups is 1. The molecule has 4 rings (SSSR count). The predicted octanol–water partition coefficient (Wildman–Crippen LogP) is 3.17. The van der Waals surface area contributed by atoms with E-state index in [1.54, 1.807) is 12.3 Å². The van der Waals surface area contributed by atoms with Crippen LogP contribution >= 0.6 is 11.6 Å². The van der Waals surface area contributed by atoms with E-state index < -0.39 is 15.9 Å².